The molecule has 4 heteroatoms. The van der Waals surface area contributed by atoms with Gasteiger partial charge < -0.3 is 15.8 Å². The van der Waals surface area contributed by atoms with Crippen LogP contribution < -0.4 is 11.1 Å². The van der Waals surface area contributed by atoms with Crippen LogP contribution in [0, 0.1) is 6.92 Å². The summed E-state index contributed by atoms with van der Waals surface area (Å²) < 4.78 is 5.22. The van der Waals surface area contributed by atoms with Crippen LogP contribution in [0.5, 0.6) is 0 Å². The Morgan fingerprint density at radius 3 is 2.61 bits per heavy atom. The maximum atomic E-state index is 11.7. The van der Waals surface area contributed by atoms with Gasteiger partial charge in [-0.05, 0) is 33.3 Å². The summed E-state index contributed by atoms with van der Waals surface area (Å²) in [5.41, 5.74) is 7.32. The third kappa shape index (κ3) is 4.75. The van der Waals surface area contributed by atoms with Crippen LogP contribution in [-0.2, 0) is 4.74 Å². The van der Waals surface area contributed by atoms with E-state index in [1.807, 2.05) is 52.0 Å². The normalized spacial score (nSPS) is 12.9. The molecule has 100 valence electrons. The summed E-state index contributed by atoms with van der Waals surface area (Å²) in [6, 6.07) is 7.69. The molecule has 0 fully saturated rings. The highest BCUT2D eigenvalue weighted by atomic mass is 16.6. The number of nitrogens with one attached hydrogen (secondary N) is 1. The lowest BCUT2D eigenvalue weighted by atomic mass is 10.0. The average molecular weight is 250 g/mol. The third-order valence-electron chi connectivity index (χ3n) is 2.37. The van der Waals surface area contributed by atoms with Crippen LogP contribution in [0.4, 0.5) is 4.79 Å². The highest BCUT2D eigenvalue weighted by Crippen LogP contribution is 2.15. The lowest BCUT2D eigenvalue weighted by molar-refractivity contribution is 0.0505. The van der Waals surface area contributed by atoms with Crippen molar-refractivity contribution >= 4 is 6.09 Å². The Labute approximate surface area is 109 Å². The number of alkyl carbamates (subject to hydrolysis) is 1. The molecule has 0 aliphatic heterocycles. The minimum atomic E-state index is -0.504. The lowest BCUT2D eigenvalue weighted by Gasteiger charge is -2.23. The van der Waals surface area contributed by atoms with Crippen molar-refractivity contribution < 1.29 is 9.53 Å². The molecule has 0 saturated carbocycles. The summed E-state index contributed by atoms with van der Waals surface area (Å²) in [6.07, 6.45) is -0.445. The zero-order valence-electron chi connectivity index (χ0n) is 11.5. The van der Waals surface area contributed by atoms with Crippen molar-refractivity contribution in [3.63, 3.8) is 0 Å². The molecule has 1 rings (SSSR count). The smallest absolute Gasteiger partial charge is 0.408 e. The van der Waals surface area contributed by atoms with E-state index in [1.54, 1.807) is 0 Å². The van der Waals surface area contributed by atoms with Gasteiger partial charge in [0.25, 0.3) is 0 Å². The molecule has 1 unspecified atom stereocenters. The topological polar surface area (TPSA) is 64.3 Å². The van der Waals surface area contributed by atoms with Gasteiger partial charge in [-0.25, -0.2) is 4.79 Å². The SMILES string of the molecule is Cc1cccc(C(CN)NC(=O)OC(C)(C)C)c1. The van der Waals surface area contributed by atoms with Crippen LogP contribution in [0.3, 0.4) is 0 Å². The first-order valence-corrected chi connectivity index (χ1v) is 6.08. The minimum absolute atomic E-state index is 0.222. The van der Waals surface area contributed by atoms with Crippen molar-refractivity contribution in [2.45, 2.75) is 39.3 Å². The molecule has 18 heavy (non-hydrogen) atoms. The molecule has 0 aliphatic carbocycles. The van der Waals surface area contributed by atoms with E-state index < -0.39 is 11.7 Å². The second-order valence-electron chi connectivity index (χ2n) is 5.35. The molecule has 1 aromatic rings. The first kappa shape index (κ1) is 14.5. The van der Waals surface area contributed by atoms with E-state index in [2.05, 4.69) is 5.32 Å². The molecule has 4 nitrogen and oxygen atoms in total. The number of hydrogen-bond donors (Lipinski definition) is 2. The van der Waals surface area contributed by atoms with Crippen LogP contribution in [0.2, 0.25) is 0 Å². The minimum Gasteiger partial charge on any atom is -0.444 e. The van der Waals surface area contributed by atoms with E-state index in [-0.39, 0.29) is 6.04 Å². The van der Waals surface area contributed by atoms with Crippen LogP contribution in [-0.4, -0.2) is 18.2 Å². The van der Waals surface area contributed by atoms with Crippen LogP contribution in [0.25, 0.3) is 0 Å². The van der Waals surface area contributed by atoms with Crippen LogP contribution in [0.15, 0.2) is 24.3 Å². The first-order valence-electron chi connectivity index (χ1n) is 6.08. The molecule has 0 saturated heterocycles. The Balaban J connectivity index is 2.71. The van der Waals surface area contributed by atoms with Crippen molar-refractivity contribution in [1.29, 1.82) is 0 Å². The molecule has 0 aromatic heterocycles. The summed E-state index contributed by atoms with van der Waals surface area (Å²) in [5, 5.41) is 2.78. The molecule has 0 bridgehead atoms. The molecule has 0 radical (unpaired) electrons. The standard InChI is InChI=1S/C14H22N2O2/c1-10-6-5-7-11(8-10)12(9-15)16-13(17)18-14(2,3)4/h5-8,12H,9,15H2,1-4H3,(H,16,17). The largest absolute Gasteiger partial charge is 0.444 e. The fraction of sp³-hybridized carbons (Fsp3) is 0.500. The van der Waals surface area contributed by atoms with Gasteiger partial charge in [0.15, 0.2) is 0 Å². The van der Waals surface area contributed by atoms with Gasteiger partial charge in [0, 0.05) is 6.54 Å². The Hall–Kier alpha value is -1.55. The first-order chi connectivity index (χ1) is 8.31. The van der Waals surface area contributed by atoms with Crippen molar-refractivity contribution in [2.75, 3.05) is 6.54 Å². The number of ether oxygens (including phenoxy) is 1. The quantitative estimate of drug-likeness (QED) is 0.866. The van der Waals surface area contributed by atoms with E-state index in [1.165, 1.54) is 0 Å². The highest BCUT2D eigenvalue weighted by Gasteiger charge is 2.19. The van der Waals surface area contributed by atoms with Crippen molar-refractivity contribution in [3.05, 3.63) is 35.4 Å². The number of rotatable bonds is 3. The summed E-state index contributed by atoms with van der Waals surface area (Å²) in [4.78, 5) is 11.7. The van der Waals surface area contributed by atoms with Crippen molar-refractivity contribution in [2.24, 2.45) is 5.73 Å². The number of aryl methyl sites for hydroxylation is 1. The molecule has 0 heterocycles. The Morgan fingerprint density at radius 1 is 1.44 bits per heavy atom. The zero-order valence-corrected chi connectivity index (χ0v) is 11.5. The molecule has 1 aromatic carbocycles. The second kappa shape index (κ2) is 5.87. The van der Waals surface area contributed by atoms with Gasteiger partial charge in [-0.2, -0.15) is 0 Å². The van der Waals surface area contributed by atoms with E-state index in [0.29, 0.717) is 6.54 Å². The Morgan fingerprint density at radius 2 is 2.11 bits per heavy atom. The summed E-state index contributed by atoms with van der Waals surface area (Å²) in [7, 11) is 0. The number of benzene rings is 1. The van der Waals surface area contributed by atoms with E-state index >= 15 is 0 Å². The number of hydrogen-bond acceptors (Lipinski definition) is 3. The summed E-state index contributed by atoms with van der Waals surface area (Å²) in [5.74, 6) is 0. The van der Waals surface area contributed by atoms with Crippen molar-refractivity contribution in [1.82, 2.24) is 5.32 Å². The van der Waals surface area contributed by atoms with Gasteiger partial charge in [-0.3, -0.25) is 0 Å². The fourth-order valence-electron chi connectivity index (χ4n) is 1.62. The Kier molecular flexibility index (Phi) is 4.73. The van der Waals surface area contributed by atoms with Gasteiger partial charge in [0.05, 0.1) is 6.04 Å². The van der Waals surface area contributed by atoms with Crippen LogP contribution >= 0.6 is 0 Å². The van der Waals surface area contributed by atoms with E-state index in [9.17, 15) is 4.79 Å². The fourth-order valence-corrected chi connectivity index (χ4v) is 1.62. The summed E-state index contributed by atoms with van der Waals surface area (Å²) in [6.45, 7) is 7.83. The van der Waals surface area contributed by atoms with Crippen LogP contribution in [0.1, 0.15) is 37.9 Å². The van der Waals surface area contributed by atoms with E-state index in [0.717, 1.165) is 11.1 Å². The van der Waals surface area contributed by atoms with Gasteiger partial charge >= 0.3 is 6.09 Å². The molecule has 0 aliphatic rings. The molecular formula is C14H22N2O2. The number of nitrogens with two attached hydrogens (primary N) is 1. The van der Waals surface area contributed by atoms with Gasteiger partial charge in [0.2, 0.25) is 0 Å². The molecular weight excluding hydrogens is 228 g/mol. The lowest BCUT2D eigenvalue weighted by Crippen LogP contribution is -2.37. The molecule has 0 spiro atoms. The van der Waals surface area contributed by atoms with Crippen molar-refractivity contribution in [3.8, 4) is 0 Å². The molecule has 1 atom stereocenters. The Bertz CT molecular complexity index is 411. The van der Waals surface area contributed by atoms with Gasteiger partial charge in [0.1, 0.15) is 5.60 Å². The molecule has 3 N–H and O–H groups in total. The number of amides is 1. The molecule has 1 amide bonds. The second-order valence-corrected chi connectivity index (χ2v) is 5.35. The summed E-state index contributed by atoms with van der Waals surface area (Å²) >= 11 is 0. The monoisotopic (exact) mass is 250 g/mol. The maximum absolute atomic E-state index is 11.7. The van der Waals surface area contributed by atoms with E-state index in [4.69, 9.17) is 10.5 Å². The third-order valence-corrected chi connectivity index (χ3v) is 2.37. The van der Waals surface area contributed by atoms with Gasteiger partial charge in [-0.1, -0.05) is 29.8 Å². The predicted octanol–water partition coefficient (Wildman–Crippen LogP) is 2.52. The zero-order chi connectivity index (χ0) is 13.8. The number of carbonyl (C=O) groups is 1. The maximum Gasteiger partial charge on any atom is 0.408 e. The average Bonchev–Trinajstić information content (AvgIpc) is 2.23. The number of carbonyl (C=O) groups excluding carboxylic acids is 1. The highest BCUT2D eigenvalue weighted by molar-refractivity contribution is 5.68. The predicted molar refractivity (Wildman–Crippen MR) is 72.3 cm³/mol. The van der Waals surface area contributed by atoms with Gasteiger partial charge in [-0.15, -0.1) is 0 Å².